The van der Waals surface area contributed by atoms with Crippen molar-refractivity contribution in [1.82, 2.24) is 0 Å². The Morgan fingerprint density at radius 3 is 2.64 bits per heavy atom. The lowest BCUT2D eigenvalue weighted by Gasteiger charge is -2.31. The molecule has 0 heterocycles. The van der Waals surface area contributed by atoms with Gasteiger partial charge < -0.3 is 10.8 Å². The summed E-state index contributed by atoms with van der Waals surface area (Å²) in [7, 11) is 0. The lowest BCUT2D eigenvalue weighted by atomic mass is 9.77. The van der Waals surface area contributed by atoms with Gasteiger partial charge in [-0.2, -0.15) is 0 Å². The zero-order valence-electron chi connectivity index (χ0n) is 7.91. The van der Waals surface area contributed by atoms with Gasteiger partial charge in [0.1, 0.15) is 0 Å². The molecule has 1 aliphatic carbocycles. The Kier molecular flexibility index (Phi) is 2.42. The number of nitrogens with two attached hydrogens (primary N) is 1. The van der Waals surface area contributed by atoms with Crippen LogP contribution in [-0.4, -0.2) is 5.11 Å². The smallest absolute Gasteiger partial charge is 0.165 e. The summed E-state index contributed by atoms with van der Waals surface area (Å²) in [5.74, 6) is -0.411. The van der Waals surface area contributed by atoms with Crippen LogP contribution in [0.3, 0.4) is 0 Å². The number of rotatable bonds is 2. The summed E-state index contributed by atoms with van der Waals surface area (Å²) >= 11 is 0. The molecule has 3 heteroatoms. The summed E-state index contributed by atoms with van der Waals surface area (Å²) in [4.78, 5) is 0. The van der Waals surface area contributed by atoms with Crippen molar-refractivity contribution in [3.05, 3.63) is 29.6 Å². The second kappa shape index (κ2) is 3.58. The molecule has 76 valence electrons. The summed E-state index contributed by atoms with van der Waals surface area (Å²) in [6.45, 7) is 0. The van der Waals surface area contributed by atoms with E-state index in [-0.39, 0.29) is 11.8 Å². The van der Waals surface area contributed by atoms with Crippen LogP contribution in [0.2, 0.25) is 0 Å². The maximum Gasteiger partial charge on any atom is 0.165 e. The molecular formula is C11H14FNO. The number of hydrogen-bond donors (Lipinski definition) is 2. The van der Waals surface area contributed by atoms with E-state index >= 15 is 0 Å². The van der Waals surface area contributed by atoms with E-state index < -0.39 is 5.82 Å². The Bertz CT molecular complexity index is 336. The van der Waals surface area contributed by atoms with Gasteiger partial charge in [0.05, 0.1) is 0 Å². The summed E-state index contributed by atoms with van der Waals surface area (Å²) in [6.07, 6.45) is 3.48. The number of benzene rings is 1. The first kappa shape index (κ1) is 9.46. The van der Waals surface area contributed by atoms with Crippen LogP contribution >= 0.6 is 0 Å². The minimum absolute atomic E-state index is 0.0844. The summed E-state index contributed by atoms with van der Waals surface area (Å²) in [6, 6.07) is 4.31. The van der Waals surface area contributed by atoms with Crippen LogP contribution < -0.4 is 5.73 Å². The molecule has 1 aromatic rings. The Hall–Kier alpha value is -1.09. The molecule has 1 saturated carbocycles. The summed E-state index contributed by atoms with van der Waals surface area (Å²) in [5, 5.41) is 9.02. The van der Waals surface area contributed by atoms with Crippen LogP contribution in [0.15, 0.2) is 18.2 Å². The van der Waals surface area contributed by atoms with Crippen molar-refractivity contribution in [2.75, 3.05) is 0 Å². The third-order valence-electron chi connectivity index (χ3n) is 3.01. The van der Waals surface area contributed by atoms with E-state index in [1.54, 1.807) is 6.07 Å². The molecule has 0 bridgehead atoms. The maximum atomic E-state index is 13.0. The molecule has 0 amide bonds. The van der Waals surface area contributed by atoms with Crippen LogP contribution in [0.5, 0.6) is 5.75 Å². The fraction of sp³-hybridized carbons (Fsp3) is 0.455. The number of phenols is 1. The first-order valence-corrected chi connectivity index (χ1v) is 4.92. The third kappa shape index (κ3) is 1.60. The highest BCUT2D eigenvalue weighted by molar-refractivity contribution is 5.30. The second-order valence-corrected chi connectivity index (χ2v) is 3.93. The van der Waals surface area contributed by atoms with E-state index in [2.05, 4.69) is 0 Å². The molecule has 14 heavy (non-hydrogen) atoms. The van der Waals surface area contributed by atoms with Crippen LogP contribution in [0.1, 0.15) is 30.9 Å². The second-order valence-electron chi connectivity index (χ2n) is 3.93. The minimum atomic E-state index is -0.586. The van der Waals surface area contributed by atoms with Crippen molar-refractivity contribution < 1.29 is 9.50 Å². The summed E-state index contributed by atoms with van der Waals surface area (Å²) in [5.41, 5.74) is 6.75. The standard InChI is InChI=1S/C11H14FNO/c12-9-6-8(4-5-10(9)14)11(13)7-2-1-3-7/h4-7,11,14H,1-3,13H2/t11-/m0/s1. The van der Waals surface area contributed by atoms with E-state index in [1.807, 2.05) is 0 Å². The Morgan fingerprint density at radius 1 is 1.43 bits per heavy atom. The van der Waals surface area contributed by atoms with Gasteiger partial charge in [-0.1, -0.05) is 12.5 Å². The molecule has 2 rings (SSSR count). The van der Waals surface area contributed by atoms with E-state index in [0.717, 1.165) is 18.4 Å². The van der Waals surface area contributed by atoms with Gasteiger partial charge in [0, 0.05) is 6.04 Å². The Labute approximate surface area is 82.5 Å². The maximum absolute atomic E-state index is 13.0. The molecule has 1 atom stereocenters. The Balaban J connectivity index is 2.18. The van der Waals surface area contributed by atoms with Gasteiger partial charge in [-0.15, -0.1) is 0 Å². The highest BCUT2D eigenvalue weighted by Crippen LogP contribution is 2.36. The molecule has 3 N–H and O–H groups in total. The quantitative estimate of drug-likeness (QED) is 0.760. The van der Waals surface area contributed by atoms with Gasteiger partial charge in [0.2, 0.25) is 0 Å². The van der Waals surface area contributed by atoms with Gasteiger partial charge in [-0.3, -0.25) is 0 Å². The van der Waals surface area contributed by atoms with Gasteiger partial charge in [0.25, 0.3) is 0 Å². The van der Waals surface area contributed by atoms with Crippen LogP contribution in [0, 0.1) is 11.7 Å². The van der Waals surface area contributed by atoms with Gasteiger partial charge in [0.15, 0.2) is 11.6 Å². The van der Waals surface area contributed by atoms with E-state index in [0.29, 0.717) is 5.92 Å². The molecule has 2 nitrogen and oxygen atoms in total. The van der Waals surface area contributed by atoms with Crippen molar-refractivity contribution in [2.24, 2.45) is 11.7 Å². The van der Waals surface area contributed by atoms with Gasteiger partial charge in [-0.05, 0) is 36.5 Å². The van der Waals surface area contributed by atoms with Crippen molar-refractivity contribution >= 4 is 0 Å². The zero-order chi connectivity index (χ0) is 10.1. The zero-order valence-corrected chi connectivity index (χ0v) is 7.91. The third-order valence-corrected chi connectivity index (χ3v) is 3.01. The van der Waals surface area contributed by atoms with Crippen LogP contribution in [0.25, 0.3) is 0 Å². The van der Waals surface area contributed by atoms with E-state index in [1.165, 1.54) is 18.6 Å². The normalized spacial score (nSPS) is 19.0. The molecule has 1 aliphatic rings. The minimum Gasteiger partial charge on any atom is -0.505 e. The first-order valence-electron chi connectivity index (χ1n) is 4.92. The fourth-order valence-electron chi connectivity index (χ4n) is 1.80. The molecule has 1 aromatic carbocycles. The number of phenolic OH excluding ortho intramolecular Hbond substituents is 1. The van der Waals surface area contributed by atoms with Crippen molar-refractivity contribution in [2.45, 2.75) is 25.3 Å². The number of aromatic hydroxyl groups is 1. The van der Waals surface area contributed by atoms with Crippen LogP contribution in [-0.2, 0) is 0 Å². The van der Waals surface area contributed by atoms with Crippen LogP contribution in [0.4, 0.5) is 4.39 Å². The first-order chi connectivity index (χ1) is 6.68. The molecule has 0 saturated heterocycles. The lowest BCUT2D eigenvalue weighted by molar-refractivity contribution is 0.264. The molecule has 0 aliphatic heterocycles. The summed E-state index contributed by atoms with van der Waals surface area (Å²) < 4.78 is 13.0. The molecular weight excluding hydrogens is 181 g/mol. The van der Waals surface area contributed by atoms with E-state index in [9.17, 15) is 4.39 Å². The molecule has 0 spiro atoms. The lowest BCUT2D eigenvalue weighted by Crippen LogP contribution is -2.26. The average Bonchev–Trinajstić information content (AvgIpc) is 2.06. The predicted octanol–water partition coefficient (Wildman–Crippen LogP) is 2.33. The van der Waals surface area contributed by atoms with Gasteiger partial charge >= 0.3 is 0 Å². The molecule has 0 radical (unpaired) electrons. The highest BCUT2D eigenvalue weighted by Gasteiger charge is 2.25. The van der Waals surface area contributed by atoms with Crippen molar-refractivity contribution in [3.8, 4) is 5.75 Å². The fourth-order valence-corrected chi connectivity index (χ4v) is 1.80. The van der Waals surface area contributed by atoms with E-state index in [4.69, 9.17) is 10.8 Å². The number of hydrogen-bond acceptors (Lipinski definition) is 2. The largest absolute Gasteiger partial charge is 0.505 e. The highest BCUT2D eigenvalue weighted by atomic mass is 19.1. The van der Waals surface area contributed by atoms with Crippen molar-refractivity contribution in [3.63, 3.8) is 0 Å². The predicted molar refractivity (Wildman–Crippen MR) is 52.3 cm³/mol. The monoisotopic (exact) mass is 195 g/mol. The van der Waals surface area contributed by atoms with Crippen molar-refractivity contribution in [1.29, 1.82) is 0 Å². The molecule has 1 fully saturated rings. The molecule has 0 unspecified atom stereocenters. The SMILES string of the molecule is N[C@H](c1ccc(O)c(F)c1)C1CCC1. The topological polar surface area (TPSA) is 46.2 Å². The van der Waals surface area contributed by atoms with Gasteiger partial charge in [-0.25, -0.2) is 4.39 Å². The number of halogens is 1. The molecule has 0 aromatic heterocycles. The average molecular weight is 195 g/mol. The Morgan fingerprint density at radius 2 is 2.14 bits per heavy atom.